The Bertz CT molecular complexity index is 789. The summed E-state index contributed by atoms with van der Waals surface area (Å²) >= 11 is 12.5. The first-order valence-electron chi connectivity index (χ1n) is 11.3. The Balaban J connectivity index is 2.19. The van der Waals surface area contributed by atoms with Crippen molar-refractivity contribution in [3.63, 3.8) is 0 Å². The van der Waals surface area contributed by atoms with E-state index in [1.807, 2.05) is 32.9 Å². The molecule has 8 heteroatoms. The molecule has 0 aliphatic carbocycles. The SMILES string of the molecule is CC(C)(C)OC(=O)N1CCO[C@H](CCCO[Si](C)(C)C(C)(C)C)C1c1ccc(Cl)c(Cl)c1. The highest BCUT2D eigenvalue weighted by Crippen LogP contribution is 2.38. The predicted octanol–water partition coefficient (Wildman–Crippen LogP) is 7.47. The van der Waals surface area contributed by atoms with Crippen molar-refractivity contribution >= 4 is 37.6 Å². The highest BCUT2D eigenvalue weighted by atomic mass is 35.5. The van der Waals surface area contributed by atoms with Gasteiger partial charge in [-0.15, -0.1) is 0 Å². The van der Waals surface area contributed by atoms with Crippen molar-refractivity contribution in [2.45, 2.75) is 90.3 Å². The molecule has 2 atom stereocenters. The zero-order valence-electron chi connectivity index (χ0n) is 20.8. The number of rotatable bonds is 6. The van der Waals surface area contributed by atoms with Crippen molar-refractivity contribution in [1.82, 2.24) is 4.90 Å². The quantitative estimate of drug-likeness (QED) is 0.298. The maximum atomic E-state index is 13.0. The van der Waals surface area contributed by atoms with Gasteiger partial charge in [0.05, 0.1) is 28.8 Å². The molecule has 1 saturated heterocycles. The molecule has 0 saturated carbocycles. The highest BCUT2D eigenvalue weighted by Gasteiger charge is 2.39. The number of amides is 1. The van der Waals surface area contributed by atoms with Gasteiger partial charge in [0.25, 0.3) is 0 Å². The second-order valence-corrected chi connectivity index (χ2v) is 16.6. The predicted molar refractivity (Wildman–Crippen MR) is 134 cm³/mol. The number of halogens is 2. The Hall–Kier alpha value is -0.793. The van der Waals surface area contributed by atoms with Gasteiger partial charge >= 0.3 is 6.09 Å². The first-order valence-corrected chi connectivity index (χ1v) is 15.0. The number of carbonyl (C=O) groups is 1. The molecule has 2 rings (SSSR count). The minimum Gasteiger partial charge on any atom is -0.444 e. The average molecular weight is 505 g/mol. The largest absolute Gasteiger partial charge is 0.444 e. The van der Waals surface area contributed by atoms with Gasteiger partial charge in [0.1, 0.15) is 5.60 Å². The van der Waals surface area contributed by atoms with Crippen molar-refractivity contribution in [3.05, 3.63) is 33.8 Å². The average Bonchev–Trinajstić information content (AvgIpc) is 2.65. The van der Waals surface area contributed by atoms with Crippen LogP contribution in [0.3, 0.4) is 0 Å². The zero-order chi connectivity index (χ0) is 24.3. The summed E-state index contributed by atoms with van der Waals surface area (Å²) in [5, 5.41) is 1.11. The van der Waals surface area contributed by atoms with Gasteiger partial charge in [-0.05, 0) is 69.4 Å². The number of ether oxygens (including phenoxy) is 2. The normalized spacial score (nSPS) is 20.4. The van der Waals surface area contributed by atoms with Crippen molar-refractivity contribution in [2.24, 2.45) is 0 Å². The summed E-state index contributed by atoms with van der Waals surface area (Å²) in [7, 11) is -1.80. The summed E-state index contributed by atoms with van der Waals surface area (Å²) in [6.45, 7) is 18.4. The first kappa shape index (κ1) is 27.5. The fourth-order valence-corrected chi connectivity index (χ4v) is 4.81. The molecular weight excluding hydrogens is 465 g/mol. The number of hydrogen-bond acceptors (Lipinski definition) is 4. The summed E-state index contributed by atoms with van der Waals surface area (Å²) in [6, 6.07) is 5.18. The van der Waals surface area contributed by atoms with E-state index in [9.17, 15) is 4.79 Å². The molecule has 0 N–H and O–H groups in total. The monoisotopic (exact) mass is 503 g/mol. The molecule has 1 aliphatic heterocycles. The van der Waals surface area contributed by atoms with Crippen LogP contribution in [0, 0.1) is 0 Å². The lowest BCUT2D eigenvalue weighted by Gasteiger charge is -2.42. The van der Waals surface area contributed by atoms with Crippen LogP contribution in [-0.2, 0) is 13.9 Å². The maximum absolute atomic E-state index is 13.0. The molecule has 0 spiro atoms. The summed E-state index contributed by atoms with van der Waals surface area (Å²) in [5.41, 5.74) is 0.310. The van der Waals surface area contributed by atoms with Crippen molar-refractivity contribution in [2.75, 3.05) is 19.8 Å². The number of benzene rings is 1. The molecule has 1 amide bonds. The Morgan fingerprint density at radius 1 is 1.16 bits per heavy atom. The van der Waals surface area contributed by atoms with Crippen LogP contribution in [0.2, 0.25) is 28.2 Å². The second-order valence-electron chi connectivity index (χ2n) is 11.0. The van der Waals surface area contributed by atoms with E-state index in [1.165, 1.54) is 0 Å². The van der Waals surface area contributed by atoms with Gasteiger partial charge in [0.15, 0.2) is 8.32 Å². The van der Waals surface area contributed by atoms with Crippen molar-refractivity contribution < 1.29 is 18.7 Å². The molecule has 32 heavy (non-hydrogen) atoms. The number of hydrogen-bond donors (Lipinski definition) is 0. The van der Waals surface area contributed by atoms with E-state index < -0.39 is 13.9 Å². The topological polar surface area (TPSA) is 48.0 Å². The smallest absolute Gasteiger partial charge is 0.410 e. The van der Waals surface area contributed by atoms with Gasteiger partial charge in [-0.25, -0.2) is 4.79 Å². The third-order valence-electron chi connectivity index (χ3n) is 6.17. The molecule has 1 fully saturated rings. The van der Waals surface area contributed by atoms with Crippen LogP contribution in [0.1, 0.15) is 66.0 Å². The minimum atomic E-state index is -1.80. The van der Waals surface area contributed by atoms with Gasteiger partial charge in [-0.1, -0.05) is 50.0 Å². The fourth-order valence-electron chi connectivity index (χ4n) is 3.42. The molecule has 0 bridgehead atoms. The number of carbonyl (C=O) groups excluding carboxylic acids is 1. The van der Waals surface area contributed by atoms with E-state index in [-0.39, 0.29) is 23.3 Å². The van der Waals surface area contributed by atoms with E-state index >= 15 is 0 Å². The van der Waals surface area contributed by atoms with Gasteiger partial charge in [0.2, 0.25) is 0 Å². The fraction of sp³-hybridized carbons (Fsp3) is 0.708. The molecule has 0 radical (unpaired) electrons. The van der Waals surface area contributed by atoms with E-state index in [2.05, 4.69) is 33.9 Å². The van der Waals surface area contributed by atoms with Crippen molar-refractivity contribution in [1.29, 1.82) is 0 Å². The summed E-state index contributed by atoms with van der Waals surface area (Å²) in [5.74, 6) is 0. The molecule has 182 valence electrons. The van der Waals surface area contributed by atoms with Gasteiger partial charge in [-0.2, -0.15) is 0 Å². The third kappa shape index (κ3) is 7.36. The van der Waals surface area contributed by atoms with Crippen LogP contribution in [-0.4, -0.2) is 50.8 Å². The Morgan fingerprint density at radius 2 is 1.81 bits per heavy atom. The third-order valence-corrected chi connectivity index (χ3v) is 11.4. The minimum absolute atomic E-state index is 0.171. The summed E-state index contributed by atoms with van der Waals surface area (Å²) < 4.78 is 18.2. The number of nitrogens with zero attached hydrogens (tertiary/aromatic N) is 1. The number of morpholine rings is 1. The molecule has 1 aromatic rings. The van der Waals surface area contributed by atoms with E-state index in [0.29, 0.717) is 29.8 Å². The van der Waals surface area contributed by atoms with Gasteiger partial charge in [-0.3, -0.25) is 4.90 Å². The highest BCUT2D eigenvalue weighted by molar-refractivity contribution is 6.74. The lowest BCUT2D eigenvalue weighted by Crippen LogP contribution is -2.49. The van der Waals surface area contributed by atoms with E-state index in [0.717, 1.165) is 18.4 Å². The Morgan fingerprint density at radius 3 is 2.38 bits per heavy atom. The molecule has 0 aromatic heterocycles. The zero-order valence-corrected chi connectivity index (χ0v) is 23.3. The molecule has 5 nitrogen and oxygen atoms in total. The van der Waals surface area contributed by atoms with Crippen molar-refractivity contribution in [3.8, 4) is 0 Å². The van der Waals surface area contributed by atoms with Crippen LogP contribution in [0.25, 0.3) is 0 Å². The lowest BCUT2D eigenvalue weighted by molar-refractivity contribution is -0.0812. The molecule has 1 heterocycles. The van der Waals surface area contributed by atoms with Crippen LogP contribution in [0.15, 0.2) is 18.2 Å². The molecule has 1 unspecified atom stereocenters. The lowest BCUT2D eigenvalue weighted by atomic mass is 9.95. The molecular formula is C24H39Cl2NO4Si. The van der Waals surface area contributed by atoms with Crippen LogP contribution in [0.4, 0.5) is 4.79 Å². The van der Waals surface area contributed by atoms with Gasteiger partial charge < -0.3 is 13.9 Å². The summed E-state index contributed by atoms with van der Waals surface area (Å²) in [6.07, 6.45) is 1.08. The second kappa shape index (κ2) is 10.6. The molecule has 1 aliphatic rings. The summed E-state index contributed by atoms with van der Waals surface area (Å²) in [4.78, 5) is 14.8. The van der Waals surface area contributed by atoms with E-state index in [1.54, 1.807) is 11.0 Å². The first-order chi connectivity index (χ1) is 14.6. The van der Waals surface area contributed by atoms with Crippen LogP contribution >= 0.6 is 23.2 Å². The van der Waals surface area contributed by atoms with E-state index in [4.69, 9.17) is 37.1 Å². The van der Waals surface area contributed by atoms with Gasteiger partial charge in [0, 0.05) is 13.2 Å². The van der Waals surface area contributed by atoms with Crippen LogP contribution in [0.5, 0.6) is 0 Å². The Labute approximate surface area is 204 Å². The molecule has 1 aromatic carbocycles. The Kier molecular flexibility index (Phi) is 9.13. The van der Waals surface area contributed by atoms with Crippen LogP contribution < -0.4 is 0 Å². The maximum Gasteiger partial charge on any atom is 0.410 e. The standard InChI is InChI=1S/C24H39Cl2NO4Si/c1-23(2,3)31-22(28)27-13-15-29-20(10-9-14-30-32(7,8)24(4,5)6)21(27)17-11-12-18(25)19(26)16-17/h11-12,16,20-21H,9-10,13-15H2,1-8H3/t20-,21?/m1/s1.